The van der Waals surface area contributed by atoms with Gasteiger partial charge >= 0.3 is 0 Å². The first-order valence-corrected chi connectivity index (χ1v) is 15.5. The molecule has 1 aromatic carbocycles. The molecule has 11 nitrogen and oxygen atoms in total. The number of fused-ring (bicyclic) bond motifs is 1. The van der Waals surface area contributed by atoms with E-state index in [-0.39, 0.29) is 23.2 Å². The van der Waals surface area contributed by atoms with E-state index < -0.39 is 10.0 Å². The number of carbonyl (C=O) groups is 1. The van der Waals surface area contributed by atoms with Gasteiger partial charge < -0.3 is 19.4 Å². The van der Waals surface area contributed by atoms with Crippen molar-refractivity contribution in [1.29, 1.82) is 0 Å². The Hall–Kier alpha value is -3.09. The number of likely N-dealkylation sites (tertiary alicyclic amines) is 1. The minimum atomic E-state index is -3.59. The molecule has 3 aromatic rings. The standard InChI is InChI=1S/C26H32ClN7O4S/c1-17-14-32(15-17)23-13-25(31-9-10-38-16-31)34-24(28-23)12-21(29-34)22-5-3-4-8-33(22)26(35)19-11-18(27)6-7-20(19)30-39(2,36)37/h6-7,11-13,17,22,30H,3-5,8-10,14-16H2,1-2H3/t22-/m0/s1. The number of benzene rings is 1. The Kier molecular flexibility index (Phi) is 6.80. The second kappa shape index (κ2) is 10.1. The van der Waals surface area contributed by atoms with Crippen molar-refractivity contribution in [2.24, 2.45) is 5.92 Å². The summed E-state index contributed by atoms with van der Waals surface area (Å²) in [6, 6.07) is 8.36. The molecule has 208 valence electrons. The van der Waals surface area contributed by atoms with Crippen molar-refractivity contribution >= 4 is 50.5 Å². The van der Waals surface area contributed by atoms with Gasteiger partial charge in [0.15, 0.2) is 5.65 Å². The van der Waals surface area contributed by atoms with Gasteiger partial charge in [-0.3, -0.25) is 9.52 Å². The van der Waals surface area contributed by atoms with Gasteiger partial charge in [-0.25, -0.2) is 13.4 Å². The highest BCUT2D eigenvalue weighted by Gasteiger charge is 2.33. The van der Waals surface area contributed by atoms with Crippen LogP contribution in [0.1, 0.15) is 48.3 Å². The molecule has 0 saturated carbocycles. The predicted octanol–water partition coefficient (Wildman–Crippen LogP) is 3.37. The zero-order chi connectivity index (χ0) is 27.3. The summed E-state index contributed by atoms with van der Waals surface area (Å²) in [6.45, 7) is 6.60. The molecular weight excluding hydrogens is 542 g/mol. The summed E-state index contributed by atoms with van der Waals surface area (Å²) in [5.41, 5.74) is 1.90. The van der Waals surface area contributed by atoms with Crippen LogP contribution < -0.4 is 14.5 Å². The maximum atomic E-state index is 13.9. The largest absolute Gasteiger partial charge is 0.359 e. The summed E-state index contributed by atoms with van der Waals surface area (Å²) in [5.74, 6) is 2.18. The van der Waals surface area contributed by atoms with E-state index in [4.69, 9.17) is 26.4 Å². The quantitative estimate of drug-likeness (QED) is 0.478. The average molecular weight is 574 g/mol. The summed E-state index contributed by atoms with van der Waals surface area (Å²) in [5, 5.41) is 5.33. The topological polar surface area (TPSA) is 112 Å². The third-order valence-corrected chi connectivity index (χ3v) is 8.32. The van der Waals surface area contributed by atoms with Crippen molar-refractivity contribution in [3.05, 3.63) is 46.6 Å². The van der Waals surface area contributed by atoms with Crippen LogP contribution in [0.5, 0.6) is 0 Å². The first-order chi connectivity index (χ1) is 18.7. The molecule has 3 fully saturated rings. The monoisotopic (exact) mass is 573 g/mol. The summed E-state index contributed by atoms with van der Waals surface area (Å²) in [4.78, 5) is 25.0. The van der Waals surface area contributed by atoms with E-state index in [0.717, 1.165) is 68.1 Å². The Morgan fingerprint density at radius 2 is 1.95 bits per heavy atom. The Morgan fingerprint density at radius 1 is 1.13 bits per heavy atom. The number of rotatable bonds is 6. The van der Waals surface area contributed by atoms with Crippen LogP contribution in [0.25, 0.3) is 5.65 Å². The lowest BCUT2D eigenvalue weighted by Gasteiger charge is -2.38. The van der Waals surface area contributed by atoms with Crippen LogP contribution in [0.15, 0.2) is 30.3 Å². The van der Waals surface area contributed by atoms with Gasteiger partial charge in [-0.1, -0.05) is 18.5 Å². The van der Waals surface area contributed by atoms with E-state index in [1.165, 1.54) is 12.1 Å². The zero-order valence-corrected chi connectivity index (χ0v) is 23.6. The average Bonchev–Trinajstić information content (AvgIpc) is 3.56. The summed E-state index contributed by atoms with van der Waals surface area (Å²) < 4.78 is 33.9. The third kappa shape index (κ3) is 5.24. The number of amides is 1. The van der Waals surface area contributed by atoms with Gasteiger partial charge in [0, 0.05) is 43.3 Å². The summed E-state index contributed by atoms with van der Waals surface area (Å²) in [6.07, 6.45) is 3.59. The minimum absolute atomic E-state index is 0.206. The SMILES string of the molecule is CC1CN(c2cc(N3CCOC3)n3nc([C@@H]4CCCCN4C(=O)c4cc(Cl)ccc4NS(C)(=O)=O)cc3n2)C1. The number of piperidine rings is 1. The third-order valence-electron chi connectivity index (χ3n) is 7.49. The molecule has 3 aliphatic rings. The zero-order valence-electron chi connectivity index (χ0n) is 22.0. The van der Waals surface area contributed by atoms with Gasteiger partial charge in [-0.15, -0.1) is 0 Å². The van der Waals surface area contributed by atoms with E-state index in [9.17, 15) is 13.2 Å². The second-order valence-electron chi connectivity index (χ2n) is 10.7. The molecule has 2 aromatic heterocycles. The van der Waals surface area contributed by atoms with E-state index in [2.05, 4.69) is 27.5 Å². The van der Waals surface area contributed by atoms with Gasteiger partial charge in [-0.2, -0.15) is 9.61 Å². The molecule has 0 aliphatic carbocycles. The Labute approximate surface area is 232 Å². The predicted molar refractivity (Wildman–Crippen MR) is 150 cm³/mol. The fourth-order valence-corrected chi connectivity index (χ4v) is 6.36. The number of hydrogen-bond acceptors (Lipinski definition) is 8. The molecule has 0 unspecified atom stereocenters. The molecule has 3 saturated heterocycles. The molecule has 0 spiro atoms. The smallest absolute Gasteiger partial charge is 0.256 e. The molecular formula is C26H32ClN7O4S. The minimum Gasteiger partial charge on any atom is -0.359 e. The molecule has 39 heavy (non-hydrogen) atoms. The molecule has 3 aliphatic heterocycles. The number of nitrogens with one attached hydrogen (secondary N) is 1. The van der Waals surface area contributed by atoms with Crippen LogP contribution in [0.4, 0.5) is 17.3 Å². The number of anilines is 3. The highest BCUT2D eigenvalue weighted by Crippen LogP contribution is 2.36. The number of ether oxygens (including phenoxy) is 1. The van der Waals surface area contributed by atoms with Crippen LogP contribution in [-0.2, 0) is 14.8 Å². The Bertz CT molecular complexity index is 1520. The van der Waals surface area contributed by atoms with Crippen molar-refractivity contribution in [1.82, 2.24) is 19.5 Å². The number of hydrogen-bond donors (Lipinski definition) is 1. The molecule has 6 rings (SSSR count). The number of sulfonamides is 1. The molecule has 0 radical (unpaired) electrons. The lowest BCUT2D eigenvalue weighted by Crippen LogP contribution is -2.45. The van der Waals surface area contributed by atoms with Crippen LogP contribution in [-0.4, -0.2) is 79.6 Å². The number of aromatic nitrogens is 3. The van der Waals surface area contributed by atoms with Gasteiger partial charge in [0.1, 0.15) is 18.4 Å². The van der Waals surface area contributed by atoms with E-state index >= 15 is 0 Å². The highest BCUT2D eigenvalue weighted by atomic mass is 35.5. The van der Waals surface area contributed by atoms with E-state index in [1.807, 2.05) is 10.6 Å². The van der Waals surface area contributed by atoms with E-state index in [0.29, 0.717) is 30.8 Å². The maximum absolute atomic E-state index is 13.9. The first-order valence-electron chi connectivity index (χ1n) is 13.2. The van der Waals surface area contributed by atoms with Gasteiger partial charge in [0.25, 0.3) is 5.91 Å². The number of halogens is 1. The summed E-state index contributed by atoms with van der Waals surface area (Å²) >= 11 is 6.23. The molecule has 5 heterocycles. The van der Waals surface area contributed by atoms with Crippen molar-refractivity contribution < 1.29 is 17.9 Å². The number of nitrogens with zero attached hydrogens (tertiary/aromatic N) is 6. The normalized spacial score (nSPS) is 20.5. The number of carbonyl (C=O) groups excluding carboxylic acids is 1. The second-order valence-corrected chi connectivity index (χ2v) is 12.9. The van der Waals surface area contributed by atoms with Gasteiger partial charge in [-0.05, 0) is 43.4 Å². The first kappa shape index (κ1) is 26.1. The van der Waals surface area contributed by atoms with Crippen LogP contribution in [0.3, 0.4) is 0 Å². The van der Waals surface area contributed by atoms with Crippen LogP contribution in [0, 0.1) is 5.92 Å². The van der Waals surface area contributed by atoms with Crippen LogP contribution in [0.2, 0.25) is 5.02 Å². The fourth-order valence-electron chi connectivity index (χ4n) is 5.61. The lowest BCUT2D eigenvalue weighted by atomic mass is 9.98. The summed E-state index contributed by atoms with van der Waals surface area (Å²) in [7, 11) is -3.59. The molecule has 13 heteroatoms. The molecule has 1 amide bonds. The van der Waals surface area contributed by atoms with Gasteiger partial charge in [0.05, 0.1) is 35.8 Å². The Morgan fingerprint density at radius 3 is 2.67 bits per heavy atom. The van der Waals surface area contributed by atoms with Crippen molar-refractivity contribution in [2.75, 3.05) is 60.3 Å². The fraction of sp³-hybridized carbons (Fsp3) is 0.500. The Balaban J connectivity index is 1.38. The van der Waals surface area contributed by atoms with Crippen molar-refractivity contribution in [3.8, 4) is 0 Å². The maximum Gasteiger partial charge on any atom is 0.256 e. The molecule has 0 bridgehead atoms. The van der Waals surface area contributed by atoms with E-state index in [1.54, 1.807) is 11.0 Å². The lowest BCUT2D eigenvalue weighted by molar-refractivity contribution is 0.0607. The molecule has 1 atom stereocenters. The molecule has 1 N–H and O–H groups in total. The van der Waals surface area contributed by atoms with Crippen molar-refractivity contribution in [3.63, 3.8) is 0 Å². The highest BCUT2D eigenvalue weighted by molar-refractivity contribution is 7.92. The van der Waals surface area contributed by atoms with Gasteiger partial charge in [0.2, 0.25) is 10.0 Å². The van der Waals surface area contributed by atoms with Crippen LogP contribution >= 0.6 is 11.6 Å². The van der Waals surface area contributed by atoms with Crippen molar-refractivity contribution in [2.45, 2.75) is 32.2 Å².